The summed E-state index contributed by atoms with van der Waals surface area (Å²) in [6.07, 6.45) is 1.55. The second-order valence-corrected chi connectivity index (χ2v) is 7.47. The molecule has 0 aromatic heterocycles. The third kappa shape index (κ3) is 7.05. The van der Waals surface area contributed by atoms with Crippen LogP contribution >= 0.6 is 11.6 Å². The number of ether oxygens (including phenoxy) is 2. The van der Waals surface area contributed by atoms with E-state index in [0.29, 0.717) is 25.7 Å². The molecular formula is C22H26ClFN2O6. The Hall–Kier alpha value is -2.94. The molecule has 0 aliphatic heterocycles. The van der Waals surface area contributed by atoms with E-state index in [9.17, 15) is 23.6 Å². The third-order valence-electron chi connectivity index (χ3n) is 4.75. The third-order valence-corrected chi connectivity index (χ3v) is 4.98. The maximum Gasteiger partial charge on any atom is 0.329 e. The second-order valence-electron chi connectivity index (χ2n) is 7.03. The normalized spacial score (nSPS) is 14.4. The molecule has 2 rings (SSSR count). The van der Waals surface area contributed by atoms with Crippen molar-refractivity contribution in [3.05, 3.63) is 40.2 Å². The van der Waals surface area contributed by atoms with Gasteiger partial charge < -0.3 is 20.1 Å². The predicted molar refractivity (Wildman–Crippen MR) is 115 cm³/mol. The Kier molecular flexibility index (Phi) is 9.64. The van der Waals surface area contributed by atoms with Crippen LogP contribution < -0.4 is 10.6 Å². The van der Waals surface area contributed by atoms with Crippen LogP contribution in [0.4, 0.5) is 10.1 Å². The van der Waals surface area contributed by atoms with E-state index in [4.69, 9.17) is 21.1 Å². The number of esters is 2. The van der Waals surface area contributed by atoms with Gasteiger partial charge in [-0.15, -0.1) is 0 Å². The molecular weight excluding hydrogens is 443 g/mol. The Morgan fingerprint density at radius 1 is 1.03 bits per heavy atom. The lowest BCUT2D eigenvalue weighted by atomic mass is 9.90. The fourth-order valence-electron chi connectivity index (χ4n) is 3.26. The molecule has 0 saturated carbocycles. The summed E-state index contributed by atoms with van der Waals surface area (Å²) in [6, 6.07) is 2.57. The molecule has 0 spiro atoms. The van der Waals surface area contributed by atoms with E-state index in [1.165, 1.54) is 12.1 Å². The summed E-state index contributed by atoms with van der Waals surface area (Å²) < 4.78 is 23.9. The molecule has 2 amide bonds. The number of benzene rings is 1. The van der Waals surface area contributed by atoms with Crippen molar-refractivity contribution >= 4 is 41.0 Å². The monoisotopic (exact) mass is 468 g/mol. The van der Waals surface area contributed by atoms with E-state index in [1.807, 2.05) is 0 Å². The highest BCUT2D eigenvalue weighted by atomic mass is 35.5. The average Bonchev–Trinajstić information content (AvgIpc) is 2.75. The van der Waals surface area contributed by atoms with Gasteiger partial charge in [-0.1, -0.05) is 11.6 Å². The number of carbonyl (C=O) groups is 4. The first-order valence-corrected chi connectivity index (χ1v) is 10.8. The van der Waals surface area contributed by atoms with Crippen molar-refractivity contribution in [3.63, 3.8) is 0 Å². The van der Waals surface area contributed by atoms with Crippen molar-refractivity contribution in [2.45, 2.75) is 52.0 Å². The molecule has 10 heteroatoms. The smallest absolute Gasteiger partial charge is 0.329 e. The van der Waals surface area contributed by atoms with Crippen LogP contribution in [0.3, 0.4) is 0 Å². The zero-order valence-corrected chi connectivity index (χ0v) is 18.7. The van der Waals surface area contributed by atoms with Crippen molar-refractivity contribution in [3.8, 4) is 0 Å². The molecule has 2 N–H and O–H groups in total. The van der Waals surface area contributed by atoms with Gasteiger partial charge in [-0.05, 0) is 57.7 Å². The number of amides is 2. The van der Waals surface area contributed by atoms with Gasteiger partial charge in [-0.2, -0.15) is 0 Å². The van der Waals surface area contributed by atoms with E-state index >= 15 is 0 Å². The van der Waals surface area contributed by atoms with Gasteiger partial charge in [0.05, 0.1) is 25.3 Å². The largest absolute Gasteiger partial charge is 0.466 e. The van der Waals surface area contributed by atoms with Crippen molar-refractivity contribution in [2.24, 2.45) is 0 Å². The van der Waals surface area contributed by atoms with Crippen molar-refractivity contribution < 1.29 is 33.0 Å². The van der Waals surface area contributed by atoms with Crippen LogP contribution in [0.15, 0.2) is 29.3 Å². The SMILES string of the molecule is CCOC(=O)CC(NC(=O)C1=C(C(=O)Nc2ccc(Cl)cc2F)CCCC1)C(=O)OCC. The number of rotatable bonds is 9. The topological polar surface area (TPSA) is 111 Å². The van der Waals surface area contributed by atoms with Gasteiger partial charge in [0, 0.05) is 16.2 Å². The van der Waals surface area contributed by atoms with Crippen LogP contribution in [0.1, 0.15) is 46.0 Å². The Morgan fingerprint density at radius 3 is 2.25 bits per heavy atom. The second kappa shape index (κ2) is 12.2. The molecule has 0 fully saturated rings. The maximum absolute atomic E-state index is 14.1. The van der Waals surface area contributed by atoms with Crippen LogP contribution in [-0.4, -0.2) is 43.0 Å². The minimum atomic E-state index is -1.26. The van der Waals surface area contributed by atoms with E-state index in [0.717, 1.165) is 6.07 Å². The molecule has 1 atom stereocenters. The number of hydrogen-bond acceptors (Lipinski definition) is 6. The first-order valence-electron chi connectivity index (χ1n) is 10.4. The van der Waals surface area contributed by atoms with Crippen LogP contribution in [0.2, 0.25) is 5.02 Å². The number of halogens is 2. The number of carbonyl (C=O) groups excluding carboxylic acids is 4. The molecule has 1 aromatic carbocycles. The first kappa shape index (κ1) is 25.3. The highest BCUT2D eigenvalue weighted by Crippen LogP contribution is 2.27. The summed E-state index contributed by atoms with van der Waals surface area (Å²) in [5.74, 6) is -3.42. The Bertz CT molecular complexity index is 918. The van der Waals surface area contributed by atoms with Gasteiger partial charge in [0.15, 0.2) is 0 Å². The Labute approximate surface area is 190 Å². The van der Waals surface area contributed by atoms with E-state index in [-0.39, 0.29) is 35.1 Å². The Balaban J connectivity index is 2.23. The van der Waals surface area contributed by atoms with Gasteiger partial charge in [0.25, 0.3) is 5.91 Å². The molecule has 1 aliphatic rings. The zero-order chi connectivity index (χ0) is 23.7. The maximum atomic E-state index is 14.1. The summed E-state index contributed by atoms with van der Waals surface area (Å²) in [6.45, 7) is 3.41. The summed E-state index contributed by atoms with van der Waals surface area (Å²) >= 11 is 5.73. The predicted octanol–water partition coefficient (Wildman–Crippen LogP) is 3.29. The number of nitrogens with one attached hydrogen (secondary N) is 2. The van der Waals surface area contributed by atoms with Crippen LogP contribution in [0, 0.1) is 5.82 Å². The molecule has 32 heavy (non-hydrogen) atoms. The lowest BCUT2D eigenvalue weighted by Gasteiger charge is -2.22. The molecule has 0 saturated heterocycles. The minimum absolute atomic E-state index is 0.0658. The fourth-order valence-corrected chi connectivity index (χ4v) is 3.42. The first-order chi connectivity index (χ1) is 15.3. The standard InChI is InChI=1S/C22H26ClFN2O6/c1-3-31-19(27)12-18(22(30)32-4-2)26-21(29)15-8-6-5-7-14(15)20(28)25-17-10-9-13(23)11-16(17)24/h9-11,18H,3-8,12H2,1-2H3,(H,25,28)(H,26,29). The molecule has 1 aliphatic carbocycles. The molecule has 174 valence electrons. The van der Waals surface area contributed by atoms with Crippen molar-refractivity contribution in [2.75, 3.05) is 18.5 Å². The summed E-state index contributed by atoms with van der Waals surface area (Å²) in [5, 5.41) is 5.13. The van der Waals surface area contributed by atoms with E-state index in [1.54, 1.807) is 13.8 Å². The summed E-state index contributed by atoms with van der Waals surface area (Å²) in [4.78, 5) is 49.8. The molecule has 1 unspecified atom stereocenters. The van der Waals surface area contributed by atoms with Crippen LogP contribution in [0.5, 0.6) is 0 Å². The van der Waals surface area contributed by atoms with Gasteiger partial charge in [-0.25, -0.2) is 9.18 Å². The molecule has 0 bridgehead atoms. The van der Waals surface area contributed by atoms with Gasteiger partial charge in [0.1, 0.15) is 11.9 Å². The lowest BCUT2D eigenvalue weighted by Crippen LogP contribution is -2.44. The quantitative estimate of drug-likeness (QED) is 0.538. The molecule has 8 nitrogen and oxygen atoms in total. The highest BCUT2D eigenvalue weighted by Gasteiger charge is 2.30. The van der Waals surface area contributed by atoms with E-state index < -0.39 is 42.0 Å². The van der Waals surface area contributed by atoms with E-state index in [2.05, 4.69) is 10.6 Å². The van der Waals surface area contributed by atoms with Crippen molar-refractivity contribution in [1.82, 2.24) is 5.32 Å². The highest BCUT2D eigenvalue weighted by molar-refractivity contribution is 6.30. The van der Waals surface area contributed by atoms with Gasteiger partial charge >= 0.3 is 11.9 Å². The van der Waals surface area contributed by atoms with Crippen LogP contribution in [-0.2, 0) is 28.7 Å². The summed E-state index contributed by atoms with van der Waals surface area (Å²) in [5.41, 5.74) is 0.312. The fraction of sp³-hybridized carbons (Fsp3) is 0.455. The van der Waals surface area contributed by atoms with Crippen molar-refractivity contribution in [1.29, 1.82) is 0 Å². The molecule has 1 aromatic rings. The molecule has 0 heterocycles. The molecule has 0 radical (unpaired) electrons. The lowest BCUT2D eigenvalue weighted by molar-refractivity contribution is -0.153. The van der Waals surface area contributed by atoms with Gasteiger partial charge in [-0.3, -0.25) is 14.4 Å². The Morgan fingerprint density at radius 2 is 1.66 bits per heavy atom. The number of hydrogen-bond donors (Lipinski definition) is 2. The average molecular weight is 469 g/mol. The number of anilines is 1. The minimum Gasteiger partial charge on any atom is -0.466 e. The zero-order valence-electron chi connectivity index (χ0n) is 18.0. The van der Waals surface area contributed by atoms with Gasteiger partial charge in [0.2, 0.25) is 5.91 Å². The van der Waals surface area contributed by atoms with Crippen LogP contribution in [0.25, 0.3) is 0 Å². The summed E-state index contributed by atoms with van der Waals surface area (Å²) in [7, 11) is 0.